The average molecular weight is 683 g/mol. The second kappa shape index (κ2) is 16.9. The summed E-state index contributed by atoms with van der Waals surface area (Å²) in [5, 5.41) is 26.9. The lowest BCUT2D eigenvalue weighted by Gasteiger charge is -2.11. The van der Waals surface area contributed by atoms with Crippen molar-refractivity contribution in [1.82, 2.24) is 19.6 Å². The predicted molar refractivity (Wildman–Crippen MR) is 186 cm³/mol. The molecule has 0 fully saturated rings. The summed E-state index contributed by atoms with van der Waals surface area (Å²) >= 11 is 3.31. The van der Waals surface area contributed by atoms with E-state index >= 15 is 0 Å². The van der Waals surface area contributed by atoms with E-state index in [2.05, 4.69) is 26.1 Å². The third kappa shape index (κ3) is 11.6. The van der Waals surface area contributed by atoms with Gasteiger partial charge in [-0.3, -0.25) is 9.36 Å². The van der Waals surface area contributed by atoms with Crippen molar-refractivity contribution in [1.29, 1.82) is 0 Å². The van der Waals surface area contributed by atoms with Gasteiger partial charge in [0.25, 0.3) is 0 Å². The summed E-state index contributed by atoms with van der Waals surface area (Å²) in [4.78, 5) is 0. The Morgan fingerprint density at radius 1 is 0.786 bits per heavy atom. The van der Waals surface area contributed by atoms with E-state index in [-0.39, 0.29) is 14.9 Å². The first kappa shape index (κ1) is 39.4. The Bertz CT molecular complexity index is 1510. The van der Waals surface area contributed by atoms with Crippen LogP contribution in [0.15, 0.2) is 65.7 Å². The lowest BCUT2D eigenvalue weighted by Crippen LogP contribution is -2.28. The van der Waals surface area contributed by atoms with E-state index in [0.29, 0.717) is 16.8 Å². The summed E-state index contributed by atoms with van der Waals surface area (Å²) in [6.07, 6.45) is 6.83. The van der Waals surface area contributed by atoms with Crippen molar-refractivity contribution in [3.05, 3.63) is 65.7 Å². The molecule has 232 valence electrons. The minimum Gasteiger partial charge on any atom is -0.423 e. The van der Waals surface area contributed by atoms with Crippen LogP contribution < -0.4 is 27.5 Å². The van der Waals surface area contributed by atoms with Gasteiger partial charge in [0.2, 0.25) is 0 Å². The number of benzene rings is 2. The van der Waals surface area contributed by atoms with Crippen LogP contribution in [0.5, 0.6) is 0 Å². The molecule has 0 aliphatic rings. The molecule has 0 saturated carbocycles. The molecular weight excluding hydrogens is 637 g/mol. The molecular formula is C28H46BBrN6O4P2. The van der Waals surface area contributed by atoms with Gasteiger partial charge in [-0.05, 0) is 76.4 Å². The maximum atomic E-state index is 12.2. The summed E-state index contributed by atoms with van der Waals surface area (Å²) < 4.78 is 28.3. The fourth-order valence-electron chi connectivity index (χ4n) is 3.54. The molecule has 0 aliphatic heterocycles. The minimum absolute atomic E-state index is 0. The van der Waals surface area contributed by atoms with Crippen LogP contribution >= 0.6 is 30.2 Å². The molecule has 14 heteroatoms. The topological polar surface area (TPSA) is 162 Å². The monoisotopic (exact) mass is 682 g/mol. The Balaban J connectivity index is 0.000000617. The molecule has 10 nitrogen and oxygen atoms in total. The number of nitrogens with zero attached hydrogens (tertiary/aromatic N) is 4. The Labute approximate surface area is 259 Å². The molecule has 0 spiro atoms. The third-order valence-electron chi connectivity index (χ3n) is 5.75. The van der Waals surface area contributed by atoms with Crippen LogP contribution in [0.1, 0.15) is 28.7 Å². The van der Waals surface area contributed by atoms with Gasteiger partial charge in [0, 0.05) is 69.2 Å². The Kier molecular flexibility index (Phi) is 15.8. The molecule has 4 aromatic rings. The number of anilines is 2. The van der Waals surface area contributed by atoms with E-state index in [1.807, 2.05) is 61.3 Å². The molecule has 4 rings (SSSR count). The van der Waals surface area contributed by atoms with E-state index in [4.69, 9.17) is 21.5 Å². The lowest BCUT2D eigenvalue weighted by molar-refractivity contribution is 0.425. The molecule has 42 heavy (non-hydrogen) atoms. The number of halogens is 1. The smallest absolute Gasteiger partial charge is 0.423 e. The van der Waals surface area contributed by atoms with Crippen LogP contribution in [-0.2, 0) is 22.2 Å². The number of hydrogen-bond acceptors (Lipinski definition) is 8. The van der Waals surface area contributed by atoms with Crippen LogP contribution in [0.25, 0.3) is 11.1 Å². The second-order valence-corrected chi connectivity index (χ2v) is 17.0. The zero-order chi connectivity index (χ0) is 30.3. The van der Waals surface area contributed by atoms with Crippen LogP contribution in [0, 0.1) is 0 Å². The summed E-state index contributed by atoms with van der Waals surface area (Å²) in [5.74, 6) is 0. The summed E-state index contributed by atoms with van der Waals surface area (Å²) in [5.41, 5.74) is 15.2. The molecule has 0 aliphatic carbocycles. The maximum absolute atomic E-state index is 12.2. The van der Waals surface area contributed by atoms with Crippen molar-refractivity contribution in [2.75, 3.05) is 38.1 Å². The first-order chi connectivity index (χ1) is 18.6. The summed E-state index contributed by atoms with van der Waals surface area (Å²) in [6.45, 7) is 12.4. The molecule has 0 saturated heterocycles. The molecule has 2 aromatic carbocycles. The summed E-state index contributed by atoms with van der Waals surface area (Å²) in [7, 11) is -6.00. The quantitative estimate of drug-likeness (QED) is 0.131. The van der Waals surface area contributed by atoms with Gasteiger partial charge in [-0.25, -0.2) is 0 Å². The van der Waals surface area contributed by atoms with Crippen molar-refractivity contribution in [2.24, 2.45) is 0 Å². The van der Waals surface area contributed by atoms with E-state index in [0.717, 1.165) is 39.3 Å². The highest BCUT2D eigenvalue weighted by Crippen LogP contribution is 2.39. The molecule has 0 bridgehead atoms. The Morgan fingerprint density at radius 3 is 1.67 bits per heavy atom. The van der Waals surface area contributed by atoms with Gasteiger partial charge >= 0.3 is 7.12 Å². The lowest BCUT2D eigenvalue weighted by atomic mass is 9.83. The molecule has 0 radical (unpaired) electrons. The highest BCUT2D eigenvalue weighted by molar-refractivity contribution is 9.10. The fourth-order valence-corrected chi connectivity index (χ4v) is 6.37. The largest absolute Gasteiger partial charge is 0.491 e. The van der Waals surface area contributed by atoms with E-state index in [1.54, 1.807) is 43.6 Å². The first-order valence-corrected chi connectivity index (χ1v) is 18.5. The molecule has 2 aromatic heterocycles. The zero-order valence-corrected chi connectivity index (χ0v) is 27.1. The van der Waals surface area contributed by atoms with Gasteiger partial charge in [0.15, 0.2) is 0 Å². The molecule has 0 amide bonds. The zero-order valence-electron chi connectivity index (χ0n) is 23.7. The predicted octanol–water partition coefficient (Wildman–Crippen LogP) is 4.53. The van der Waals surface area contributed by atoms with E-state index < -0.39 is 21.4 Å². The fraction of sp³-hybridized carbons (Fsp3) is 0.357. The highest BCUT2D eigenvalue weighted by atomic mass is 79.9. The summed E-state index contributed by atoms with van der Waals surface area (Å²) in [6, 6.07) is 11.1. The SMILES string of the molecule is C.C.CCn1cc(-c2ccc(N)c(P(C)(C)=O)c2)cn1.CCn1cc(B(O)O)cn1.CP(C)(=O)c1cc(Br)ccc1N. The number of rotatable bonds is 6. The number of hydrogen-bond donors (Lipinski definition) is 4. The van der Waals surface area contributed by atoms with Crippen molar-refractivity contribution in [3.8, 4) is 11.1 Å². The van der Waals surface area contributed by atoms with Crippen LogP contribution in [0.4, 0.5) is 11.4 Å². The Hall–Kier alpha value is -2.62. The van der Waals surface area contributed by atoms with Gasteiger partial charge in [-0.15, -0.1) is 0 Å². The number of nitrogen functional groups attached to an aromatic ring is 2. The van der Waals surface area contributed by atoms with Crippen molar-refractivity contribution in [2.45, 2.75) is 41.8 Å². The molecule has 2 heterocycles. The van der Waals surface area contributed by atoms with Crippen LogP contribution in [-0.4, -0.2) is 63.4 Å². The van der Waals surface area contributed by atoms with E-state index in [9.17, 15) is 9.13 Å². The van der Waals surface area contributed by atoms with Gasteiger partial charge in [-0.1, -0.05) is 36.8 Å². The maximum Gasteiger partial charge on any atom is 0.491 e. The minimum atomic E-state index is -2.36. The van der Waals surface area contributed by atoms with Crippen LogP contribution in [0.2, 0.25) is 0 Å². The third-order valence-corrected chi connectivity index (χ3v) is 9.34. The number of nitrogens with two attached hydrogens (primary N) is 2. The van der Waals surface area contributed by atoms with Gasteiger partial charge in [0.1, 0.15) is 14.3 Å². The Morgan fingerprint density at radius 2 is 1.26 bits per heavy atom. The van der Waals surface area contributed by atoms with Crippen molar-refractivity contribution >= 4 is 64.8 Å². The van der Waals surface area contributed by atoms with Crippen molar-refractivity contribution in [3.63, 3.8) is 0 Å². The molecule has 6 N–H and O–H groups in total. The second-order valence-electron chi connectivity index (χ2n) is 9.77. The normalized spacial score (nSPS) is 10.7. The molecule has 0 unspecified atom stereocenters. The number of aryl methyl sites for hydroxylation is 2. The standard InChI is InChI=1S/C13H18N3OP.C8H11BrNOP.C5H9BN2O2.2CH4/c1-4-16-9-11(8-15-16)10-5-6-12(14)13(7-10)18(2,3)17;1-12(2,11)8-5-6(9)3-4-7(8)10;1-2-8-4-5(3-7-8)6(9)10;;/h5-9H,4,14H2,1-3H3;3-5H,10H2,1-2H3;3-4,9-10H,2H2,1H3;2*1H4. The first-order valence-electron chi connectivity index (χ1n) is 12.5. The van der Waals surface area contributed by atoms with Gasteiger partial charge in [0.05, 0.1) is 6.20 Å². The number of aromatic nitrogens is 4. The molecule has 0 atom stereocenters. The van der Waals surface area contributed by atoms with Gasteiger partial charge in [-0.2, -0.15) is 10.2 Å². The highest BCUT2D eigenvalue weighted by Gasteiger charge is 2.16. The van der Waals surface area contributed by atoms with Crippen LogP contribution in [0.3, 0.4) is 0 Å². The van der Waals surface area contributed by atoms with E-state index in [1.165, 1.54) is 6.20 Å². The average Bonchev–Trinajstić information content (AvgIpc) is 3.55. The van der Waals surface area contributed by atoms with Gasteiger partial charge < -0.3 is 30.6 Å². The van der Waals surface area contributed by atoms with Crippen molar-refractivity contribution < 1.29 is 19.2 Å².